The van der Waals surface area contributed by atoms with Crippen LogP contribution in [-0.4, -0.2) is 34.7 Å². The Morgan fingerprint density at radius 2 is 1.62 bits per heavy atom. The van der Waals surface area contributed by atoms with Gasteiger partial charge in [0.25, 0.3) is 0 Å². The van der Waals surface area contributed by atoms with Gasteiger partial charge in [0.05, 0.1) is 0 Å². The molecule has 5 aliphatic carbocycles. The minimum absolute atomic E-state index is 0.0321. The zero-order valence-electron chi connectivity index (χ0n) is 18.7. The van der Waals surface area contributed by atoms with Crippen LogP contribution in [-0.2, 0) is 16.8 Å². The van der Waals surface area contributed by atoms with E-state index in [1.54, 1.807) is 0 Å². The average molecular weight is 453 g/mol. The van der Waals surface area contributed by atoms with Gasteiger partial charge in [-0.2, -0.15) is 0 Å². The number of rotatable bonds is 1. The van der Waals surface area contributed by atoms with Gasteiger partial charge < -0.3 is 19.7 Å². The maximum atomic E-state index is 12.1. The smallest absolute Gasteiger partial charge is 0.231 e. The fraction of sp³-hybridized carbons (Fsp3) is 0.692. The number of hydrogen-bond acceptors (Lipinski definition) is 4. The second kappa shape index (κ2) is 6.85. The molecule has 0 amide bonds. The summed E-state index contributed by atoms with van der Waals surface area (Å²) >= 11 is 6.11. The molecule has 2 aliphatic heterocycles. The normalized spacial score (nSPS) is 35.8. The number of nitrogens with one attached hydrogen (secondary N) is 1. The van der Waals surface area contributed by atoms with E-state index in [0.717, 1.165) is 60.3 Å². The van der Waals surface area contributed by atoms with Gasteiger partial charge in [-0.1, -0.05) is 0 Å². The van der Waals surface area contributed by atoms with Gasteiger partial charge in [0.1, 0.15) is 5.78 Å². The Morgan fingerprint density at radius 1 is 1.00 bits per heavy atom. The largest absolute Gasteiger partial charge is 0.454 e. The number of ketones is 1. The maximum absolute atomic E-state index is 12.1. The van der Waals surface area contributed by atoms with Gasteiger partial charge in [0, 0.05) is 36.9 Å². The van der Waals surface area contributed by atoms with Gasteiger partial charge in [-0.15, -0.1) is 0 Å². The number of benzene rings is 1. The lowest BCUT2D eigenvalue weighted by molar-refractivity contribution is -0.121. The van der Waals surface area contributed by atoms with Crippen LogP contribution in [0.15, 0.2) is 12.1 Å². The van der Waals surface area contributed by atoms with Crippen LogP contribution in [0.5, 0.6) is 11.5 Å². The number of thiocarbonyl (C=S) groups is 1. The van der Waals surface area contributed by atoms with E-state index < -0.39 is 0 Å². The van der Waals surface area contributed by atoms with Gasteiger partial charge in [-0.3, -0.25) is 4.79 Å². The first-order valence-electron chi connectivity index (χ1n) is 12.5. The number of carbonyl (C=O) groups excluding carboxylic acids is 1. The highest BCUT2D eigenvalue weighted by Crippen LogP contribution is 2.56. The Balaban J connectivity index is 1.19. The van der Waals surface area contributed by atoms with Crippen LogP contribution in [0.25, 0.3) is 0 Å². The first-order valence-corrected chi connectivity index (χ1v) is 12.9. The molecule has 6 heteroatoms. The molecule has 5 saturated carbocycles. The highest BCUT2D eigenvalue weighted by atomic mass is 32.1. The fourth-order valence-corrected chi connectivity index (χ4v) is 8.81. The first kappa shape index (κ1) is 19.6. The molecule has 1 spiro atoms. The number of nitrogens with zero attached hydrogens (tertiary/aromatic N) is 1. The van der Waals surface area contributed by atoms with E-state index in [1.165, 1.54) is 49.7 Å². The molecule has 170 valence electrons. The third-order valence-corrected chi connectivity index (χ3v) is 9.85. The molecule has 1 aromatic rings. The third kappa shape index (κ3) is 3.01. The molecule has 0 unspecified atom stereocenters. The predicted octanol–water partition coefficient (Wildman–Crippen LogP) is 4.46. The van der Waals surface area contributed by atoms with Crippen LogP contribution >= 0.6 is 12.2 Å². The minimum atomic E-state index is -0.0321. The summed E-state index contributed by atoms with van der Waals surface area (Å²) in [7, 11) is 0. The Morgan fingerprint density at radius 3 is 2.28 bits per heavy atom. The van der Waals surface area contributed by atoms with E-state index >= 15 is 0 Å². The van der Waals surface area contributed by atoms with Crippen LogP contribution < -0.4 is 14.8 Å². The van der Waals surface area contributed by atoms with Gasteiger partial charge in [-0.05, 0) is 105 Å². The van der Waals surface area contributed by atoms with E-state index in [-0.39, 0.29) is 11.0 Å². The summed E-state index contributed by atoms with van der Waals surface area (Å²) in [6.45, 7) is 1.99. The molecule has 7 aliphatic rings. The van der Waals surface area contributed by atoms with Crippen LogP contribution in [0.1, 0.15) is 75.3 Å². The average Bonchev–Trinajstić information content (AvgIpc) is 3.21. The van der Waals surface area contributed by atoms with Crippen molar-refractivity contribution < 1.29 is 14.3 Å². The van der Waals surface area contributed by atoms with Crippen molar-refractivity contribution in [1.29, 1.82) is 0 Å². The lowest BCUT2D eigenvalue weighted by Crippen LogP contribution is -2.63. The molecule has 32 heavy (non-hydrogen) atoms. The first-order chi connectivity index (χ1) is 15.5. The maximum Gasteiger partial charge on any atom is 0.231 e. The fourth-order valence-electron chi connectivity index (χ4n) is 8.47. The predicted molar refractivity (Wildman–Crippen MR) is 125 cm³/mol. The van der Waals surface area contributed by atoms with Crippen molar-refractivity contribution in [2.24, 2.45) is 17.8 Å². The van der Waals surface area contributed by atoms with E-state index in [9.17, 15) is 4.79 Å². The molecule has 0 saturated heterocycles. The molecule has 1 aromatic carbocycles. The summed E-state index contributed by atoms with van der Waals surface area (Å²) in [5, 5.41) is 4.87. The summed E-state index contributed by atoms with van der Waals surface area (Å²) in [6, 6.07) is 4.36. The highest BCUT2D eigenvalue weighted by Gasteiger charge is 2.52. The monoisotopic (exact) mass is 452 g/mol. The molecular weight excluding hydrogens is 420 g/mol. The molecule has 1 N–H and O–H groups in total. The van der Waals surface area contributed by atoms with Crippen molar-refractivity contribution in [3.8, 4) is 11.5 Å². The van der Waals surface area contributed by atoms with Crippen molar-refractivity contribution in [3.63, 3.8) is 0 Å². The molecule has 0 aromatic heterocycles. The lowest BCUT2D eigenvalue weighted by atomic mass is 9.53. The molecule has 5 fully saturated rings. The SMILES string of the molecule is O=C1CCC2(CC1)CN(C(=S)NC13CC4CC(CC(C4)C1)C3)Cc1cc3c(cc12)OCO3. The Bertz CT molecular complexity index is 960. The molecule has 0 atom stereocenters. The summed E-state index contributed by atoms with van der Waals surface area (Å²) in [5.74, 6) is 4.77. The van der Waals surface area contributed by atoms with Crippen molar-refractivity contribution in [3.05, 3.63) is 23.3 Å². The second-order valence-electron chi connectivity index (χ2n) is 11.7. The quantitative estimate of drug-likeness (QED) is 0.635. The van der Waals surface area contributed by atoms with Crippen molar-refractivity contribution in [2.75, 3.05) is 13.3 Å². The minimum Gasteiger partial charge on any atom is -0.454 e. The van der Waals surface area contributed by atoms with Gasteiger partial charge >= 0.3 is 0 Å². The molecule has 4 bridgehead atoms. The van der Waals surface area contributed by atoms with Crippen molar-refractivity contribution >= 4 is 23.1 Å². The van der Waals surface area contributed by atoms with E-state index in [4.69, 9.17) is 21.7 Å². The zero-order chi connectivity index (χ0) is 21.5. The lowest BCUT2D eigenvalue weighted by Gasteiger charge is -2.58. The summed E-state index contributed by atoms with van der Waals surface area (Å²) < 4.78 is 11.4. The molecule has 0 radical (unpaired) electrons. The highest BCUT2D eigenvalue weighted by molar-refractivity contribution is 7.80. The second-order valence-corrected chi connectivity index (χ2v) is 12.1. The van der Waals surface area contributed by atoms with Crippen LogP contribution in [0.3, 0.4) is 0 Å². The van der Waals surface area contributed by atoms with Crippen molar-refractivity contribution in [1.82, 2.24) is 10.2 Å². The topological polar surface area (TPSA) is 50.8 Å². The van der Waals surface area contributed by atoms with Gasteiger partial charge in [0.2, 0.25) is 6.79 Å². The summed E-state index contributed by atoms with van der Waals surface area (Å²) in [6.07, 6.45) is 11.3. The molecule has 5 nitrogen and oxygen atoms in total. The van der Waals surface area contributed by atoms with E-state index in [0.29, 0.717) is 25.4 Å². The van der Waals surface area contributed by atoms with E-state index in [2.05, 4.69) is 22.3 Å². The number of carbonyl (C=O) groups is 1. The summed E-state index contributed by atoms with van der Waals surface area (Å²) in [5.41, 5.74) is 2.82. The number of hydrogen-bond donors (Lipinski definition) is 1. The molecule has 2 heterocycles. The van der Waals surface area contributed by atoms with Crippen LogP contribution in [0.2, 0.25) is 0 Å². The standard InChI is InChI=1S/C26H32N2O3S/c29-20-1-3-25(4-2-20)14-28(13-19-8-22-23(9-21(19)25)31-15-30-22)24(32)27-26-10-16-5-17(11-26)7-18(6-16)12-26/h8-9,16-18H,1-7,10-15H2,(H,27,32). The Hall–Kier alpha value is -1.82. The van der Waals surface area contributed by atoms with Crippen LogP contribution in [0, 0.1) is 17.8 Å². The van der Waals surface area contributed by atoms with Gasteiger partial charge in [-0.25, -0.2) is 0 Å². The number of fused-ring (bicyclic) bond motifs is 3. The van der Waals surface area contributed by atoms with Crippen molar-refractivity contribution in [2.45, 2.75) is 81.7 Å². The third-order valence-electron chi connectivity index (χ3n) is 9.49. The molecule has 8 rings (SSSR count). The molecular formula is C26H32N2O3S. The van der Waals surface area contributed by atoms with Crippen LogP contribution in [0.4, 0.5) is 0 Å². The Kier molecular flexibility index (Phi) is 4.20. The van der Waals surface area contributed by atoms with E-state index in [1.807, 2.05) is 0 Å². The number of Topliss-reactive ketones (excluding diaryl/α,β-unsaturated/α-hetero) is 1. The summed E-state index contributed by atoms with van der Waals surface area (Å²) in [4.78, 5) is 14.5. The zero-order valence-corrected chi connectivity index (χ0v) is 19.5. The van der Waals surface area contributed by atoms with Gasteiger partial charge in [0.15, 0.2) is 16.6 Å². The Labute approximate surface area is 195 Å². The number of ether oxygens (including phenoxy) is 2.